The highest BCUT2D eigenvalue weighted by atomic mass is 35.5. The lowest BCUT2D eigenvalue weighted by Crippen LogP contribution is -2.63. The first-order valence-electron chi connectivity index (χ1n) is 7.77. The molecule has 2 aromatic rings. The molecule has 3 heterocycles. The highest BCUT2D eigenvalue weighted by Gasteiger charge is 2.39. The molecule has 1 fully saturated rings. The van der Waals surface area contributed by atoms with Crippen LogP contribution >= 0.6 is 11.6 Å². The summed E-state index contributed by atoms with van der Waals surface area (Å²) in [6.07, 6.45) is 1.66. The van der Waals surface area contributed by atoms with E-state index in [1.54, 1.807) is 36.2 Å². The lowest BCUT2D eigenvalue weighted by atomic mass is 10.0. The largest absolute Gasteiger partial charge is 0.329 e. The number of fused-ring (bicyclic) bond motifs is 1. The summed E-state index contributed by atoms with van der Waals surface area (Å²) in [4.78, 5) is 20.4. The number of anilines is 2. The van der Waals surface area contributed by atoms with Gasteiger partial charge in [0, 0.05) is 24.8 Å². The van der Waals surface area contributed by atoms with Crippen molar-refractivity contribution in [2.45, 2.75) is 19.5 Å². The standard InChI is InChI=1S/C17H16ClFN4O/c1-10-3-2-4-13(19)16(10)22-9-11-6-21-15(18)5-14(11)23(17(22)24)12-7-20-8-12/h2-6,12,20H,7-9H2,1H3. The lowest BCUT2D eigenvalue weighted by Gasteiger charge is -2.44. The summed E-state index contributed by atoms with van der Waals surface area (Å²) in [5.41, 5.74) is 2.66. The summed E-state index contributed by atoms with van der Waals surface area (Å²) in [6, 6.07) is 6.33. The second kappa shape index (κ2) is 5.72. The molecule has 0 aliphatic carbocycles. The summed E-state index contributed by atoms with van der Waals surface area (Å²) in [5.74, 6) is -0.402. The number of aryl methyl sites for hydroxylation is 1. The minimum Gasteiger partial charge on any atom is -0.313 e. The molecule has 1 saturated heterocycles. The Morgan fingerprint density at radius 1 is 1.38 bits per heavy atom. The number of pyridine rings is 1. The number of carbonyl (C=O) groups is 1. The summed E-state index contributed by atoms with van der Waals surface area (Å²) in [7, 11) is 0. The van der Waals surface area contributed by atoms with Gasteiger partial charge in [0.05, 0.1) is 24.0 Å². The van der Waals surface area contributed by atoms with Gasteiger partial charge in [0.1, 0.15) is 11.0 Å². The molecule has 1 N–H and O–H groups in total. The molecule has 1 aromatic carbocycles. The number of hydrogen-bond donors (Lipinski definition) is 1. The molecule has 7 heteroatoms. The Morgan fingerprint density at radius 3 is 2.83 bits per heavy atom. The molecule has 4 rings (SSSR count). The van der Waals surface area contributed by atoms with Crippen LogP contribution in [0.15, 0.2) is 30.5 Å². The number of carbonyl (C=O) groups excluding carboxylic acids is 1. The topological polar surface area (TPSA) is 48.5 Å². The van der Waals surface area contributed by atoms with Gasteiger partial charge in [-0.2, -0.15) is 0 Å². The van der Waals surface area contributed by atoms with E-state index in [0.717, 1.165) is 16.8 Å². The monoisotopic (exact) mass is 346 g/mol. The van der Waals surface area contributed by atoms with E-state index in [0.29, 0.717) is 23.9 Å². The van der Waals surface area contributed by atoms with Crippen molar-refractivity contribution < 1.29 is 9.18 Å². The van der Waals surface area contributed by atoms with Crippen LogP contribution in [0.2, 0.25) is 5.15 Å². The molecular formula is C17H16ClFN4O. The minimum atomic E-state index is -0.402. The molecule has 24 heavy (non-hydrogen) atoms. The molecule has 0 unspecified atom stereocenters. The van der Waals surface area contributed by atoms with Gasteiger partial charge in [-0.25, -0.2) is 14.2 Å². The van der Waals surface area contributed by atoms with E-state index in [4.69, 9.17) is 11.6 Å². The third kappa shape index (κ3) is 2.34. The molecule has 0 atom stereocenters. The molecule has 0 saturated carbocycles. The minimum absolute atomic E-state index is 0.0320. The van der Waals surface area contributed by atoms with Crippen molar-refractivity contribution in [3.05, 3.63) is 52.6 Å². The summed E-state index contributed by atoms with van der Waals surface area (Å²) in [5, 5.41) is 3.51. The van der Waals surface area contributed by atoms with E-state index in [2.05, 4.69) is 10.3 Å². The average molecular weight is 347 g/mol. The molecule has 0 bridgehead atoms. The second-order valence-corrected chi connectivity index (χ2v) is 6.48. The summed E-state index contributed by atoms with van der Waals surface area (Å²) >= 11 is 6.02. The van der Waals surface area contributed by atoms with Crippen molar-refractivity contribution in [2.24, 2.45) is 0 Å². The van der Waals surface area contributed by atoms with Crippen molar-refractivity contribution in [3.63, 3.8) is 0 Å². The van der Waals surface area contributed by atoms with Crippen LogP contribution in [-0.2, 0) is 6.54 Å². The maximum absolute atomic E-state index is 14.4. The van der Waals surface area contributed by atoms with Gasteiger partial charge in [-0.05, 0) is 24.6 Å². The van der Waals surface area contributed by atoms with Crippen molar-refractivity contribution in [2.75, 3.05) is 22.9 Å². The zero-order valence-electron chi connectivity index (χ0n) is 13.1. The number of nitrogens with zero attached hydrogens (tertiary/aromatic N) is 3. The summed E-state index contributed by atoms with van der Waals surface area (Å²) < 4.78 is 14.4. The van der Waals surface area contributed by atoms with Gasteiger partial charge in [0.15, 0.2) is 0 Å². The molecule has 0 spiro atoms. The number of para-hydroxylation sites is 1. The molecule has 0 radical (unpaired) electrons. The highest BCUT2D eigenvalue weighted by molar-refractivity contribution is 6.29. The number of nitrogens with one attached hydrogen (secondary N) is 1. The molecule has 5 nitrogen and oxygen atoms in total. The highest BCUT2D eigenvalue weighted by Crippen LogP contribution is 2.36. The average Bonchev–Trinajstić information content (AvgIpc) is 2.49. The SMILES string of the molecule is Cc1cccc(F)c1N1Cc2cnc(Cl)cc2N(C2CNC2)C1=O. The Morgan fingerprint density at radius 2 is 2.17 bits per heavy atom. The Balaban J connectivity index is 1.84. The first-order chi connectivity index (χ1) is 11.6. The van der Waals surface area contributed by atoms with Gasteiger partial charge < -0.3 is 5.32 Å². The van der Waals surface area contributed by atoms with Gasteiger partial charge in [-0.3, -0.25) is 9.80 Å². The maximum atomic E-state index is 14.4. The molecule has 2 amide bonds. The molecule has 2 aliphatic heterocycles. The Labute approximate surface area is 144 Å². The zero-order chi connectivity index (χ0) is 16.8. The Hall–Kier alpha value is -2.18. The number of urea groups is 1. The molecule has 124 valence electrons. The van der Waals surface area contributed by atoms with Crippen LogP contribution in [0.4, 0.5) is 20.6 Å². The van der Waals surface area contributed by atoms with Crippen molar-refractivity contribution in [1.29, 1.82) is 0 Å². The number of amides is 2. The first kappa shape index (κ1) is 15.4. The third-order valence-electron chi connectivity index (χ3n) is 4.54. The van der Waals surface area contributed by atoms with E-state index in [1.807, 2.05) is 0 Å². The van der Waals surface area contributed by atoms with Gasteiger partial charge >= 0.3 is 6.03 Å². The molecular weight excluding hydrogens is 331 g/mol. The number of hydrogen-bond acceptors (Lipinski definition) is 3. The summed E-state index contributed by atoms with van der Waals surface area (Å²) in [6.45, 7) is 3.48. The zero-order valence-corrected chi connectivity index (χ0v) is 13.8. The quantitative estimate of drug-likeness (QED) is 0.850. The van der Waals surface area contributed by atoms with Gasteiger partial charge in [0.2, 0.25) is 0 Å². The van der Waals surface area contributed by atoms with Crippen LogP contribution in [0.1, 0.15) is 11.1 Å². The number of aromatic nitrogens is 1. The fourth-order valence-corrected chi connectivity index (χ4v) is 3.37. The van der Waals surface area contributed by atoms with Crippen LogP contribution in [-0.4, -0.2) is 30.1 Å². The van der Waals surface area contributed by atoms with E-state index < -0.39 is 5.82 Å². The number of benzene rings is 1. The van der Waals surface area contributed by atoms with Crippen LogP contribution in [0.25, 0.3) is 0 Å². The lowest BCUT2D eigenvalue weighted by molar-refractivity contribution is 0.244. The van der Waals surface area contributed by atoms with Crippen LogP contribution in [0.3, 0.4) is 0 Å². The van der Waals surface area contributed by atoms with Crippen molar-refractivity contribution in [1.82, 2.24) is 10.3 Å². The van der Waals surface area contributed by atoms with E-state index in [9.17, 15) is 9.18 Å². The number of halogens is 2. The predicted molar refractivity (Wildman–Crippen MR) is 91.1 cm³/mol. The van der Waals surface area contributed by atoms with Crippen molar-refractivity contribution >= 4 is 29.0 Å². The van der Waals surface area contributed by atoms with Crippen LogP contribution < -0.4 is 15.1 Å². The van der Waals surface area contributed by atoms with E-state index >= 15 is 0 Å². The molecule has 2 aliphatic rings. The fraction of sp³-hybridized carbons (Fsp3) is 0.294. The van der Waals surface area contributed by atoms with Crippen LogP contribution in [0.5, 0.6) is 0 Å². The first-order valence-corrected chi connectivity index (χ1v) is 8.15. The van der Waals surface area contributed by atoms with Crippen LogP contribution in [0, 0.1) is 12.7 Å². The normalized spacial score (nSPS) is 17.7. The van der Waals surface area contributed by atoms with Crippen molar-refractivity contribution in [3.8, 4) is 0 Å². The molecule has 1 aromatic heterocycles. The predicted octanol–water partition coefficient (Wildman–Crippen LogP) is 3.10. The second-order valence-electron chi connectivity index (χ2n) is 6.09. The van der Waals surface area contributed by atoms with Gasteiger partial charge in [0.25, 0.3) is 0 Å². The smallest absolute Gasteiger partial charge is 0.313 e. The maximum Gasteiger partial charge on any atom is 0.329 e. The van der Waals surface area contributed by atoms with Gasteiger partial charge in [-0.1, -0.05) is 23.7 Å². The Bertz CT molecular complexity index is 804. The van der Waals surface area contributed by atoms with E-state index in [-0.39, 0.29) is 18.6 Å². The third-order valence-corrected chi connectivity index (χ3v) is 4.74. The fourth-order valence-electron chi connectivity index (χ4n) is 3.21. The van der Waals surface area contributed by atoms with E-state index in [1.165, 1.54) is 11.0 Å². The number of rotatable bonds is 2. The Kier molecular flexibility index (Phi) is 3.66. The van der Waals surface area contributed by atoms with Gasteiger partial charge in [-0.15, -0.1) is 0 Å².